The molecule has 0 atom stereocenters. The molecule has 174 valence electrons. The number of alkyl halides is 3. The number of aryl methyl sites for hydroxylation is 1. The zero-order valence-corrected chi connectivity index (χ0v) is 18.1. The van der Waals surface area contributed by atoms with Gasteiger partial charge in [-0.3, -0.25) is 9.48 Å². The standard InChI is InChI=1S/C24H24F3N3O3/c1-17-15-22(24(25,26)27)28-30(17)16-23(31)29-13-11-21(12-14-29)33-20-9-7-19(8-10-20)32-18-5-3-2-4-6-18/h2-10,15,21H,11-14,16H2,1H3. The summed E-state index contributed by atoms with van der Waals surface area (Å²) in [7, 11) is 0. The summed E-state index contributed by atoms with van der Waals surface area (Å²) in [5.41, 5.74) is -0.686. The lowest BCUT2D eigenvalue weighted by Crippen LogP contribution is -2.43. The molecule has 1 fully saturated rings. The number of hydrogen-bond acceptors (Lipinski definition) is 4. The summed E-state index contributed by atoms with van der Waals surface area (Å²) >= 11 is 0. The van der Waals surface area contributed by atoms with E-state index in [1.54, 1.807) is 4.90 Å². The number of likely N-dealkylation sites (tertiary alicyclic amines) is 1. The number of carbonyl (C=O) groups excluding carboxylic acids is 1. The molecule has 0 N–H and O–H groups in total. The Kier molecular flexibility index (Phi) is 6.57. The predicted molar refractivity (Wildman–Crippen MR) is 115 cm³/mol. The normalized spacial score (nSPS) is 14.8. The van der Waals surface area contributed by atoms with Crippen molar-refractivity contribution in [2.24, 2.45) is 0 Å². The maximum absolute atomic E-state index is 12.8. The van der Waals surface area contributed by atoms with Crippen LogP contribution in [-0.4, -0.2) is 39.8 Å². The van der Waals surface area contributed by atoms with Crippen LogP contribution in [-0.2, 0) is 17.5 Å². The van der Waals surface area contributed by atoms with Gasteiger partial charge in [-0.25, -0.2) is 0 Å². The Balaban J connectivity index is 1.26. The van der Waals surface area contributed by atoms with Gasteiger partial charge in [0.1, 0.15) is 29.9 Å². The molecule has 0 aliphatic carbocycles. The van der Waals surface area contributed by atoms with E-state index in [4.69, 9.17) is 9.47 Å². The number of piperidine rings is 1. The molecule has 2 aromatic carbocycles. The van der Waals surface area contributed by atoms with E-state index in [0.29, 0.717) is 43.1 Å². The molecule has 2 heterocycles. The zero-order chi connectivity index (χ0) is 23.4. The van der Waals surface area contributed by atoms with E-state index in [1.807, 2.05) is 54.6 Å². The van der Waals surface area contributed by atoms with Crippen LogP contribution in [0.5, 0.6) is 17.2 Å². The van der Waals surface area contributed by atoms with Crippen molar-refractivity contribution in [1.82, 2.24) is 14.7 Å². The second-order valence-corrected chi connectivity index (χ2v) is 7.91. The minimum absolute atomic E-state index is 0.0433. The Labute approximate surface area is 189 Å². The molecule has 1 aliphatic rings. The average molecular weight is 459 g/mol. The highest BCUT2D eigenvalue weighted by Gasteiger charge is 2.35. The first-order valence-electron chi connectivity index (χ1n) is 10.7. The molecular weight excluding hydrogens is 435 g/mol. The lowest BCUT2D eigenvalue weighted by molar-refractivity contribution is -0.142. The van der Waals surface area contributed by atoms with Gasteiger partial charge in [0, 0.05) is 31.6 Å². The second kappa shape index (κ2) is 9.56. The molecule has 0 radical (unpaired) electrons. The van der Waals surface area contributed by atoms with Gasteiger partial charge < -0.3 is 14.4 Å². The van der Waals surface area contributed by atoms with E-state index in [-0.39, 0.29) is 18.6 Å². The number of carbonyl (C=O) groups is 1. The maximum atomic E-state index is 12.8. The van der Waals surface area contributed by atoms with Crippen molar-refractivity contribution in [3.63, 3.8) is 0 Å². The van der Waals surface area contributed by atoms with E-state index >= 15 is 0 Å². The van der Waals surface area contributed by atoms with Gasteiger partial charge in [0.05, 0.1) is 0 Å². The molecule has 1 aromatic heterocycles. The molecule has 1 amide bonds. The van der Waals surface area contributed by atoms with E-state index in [1.165, 1.54) is 6.92 Å². The van der Waals surface area contributed by atoms with Crippen molar-refractivity contribution in [2.45, 2.75) is 38.6 Å². The number of rotatable bonds is 6. The van der Waals surface area contributed by atoms with Gasteiger partial charge in [-0.15, -0.1) is 0 Å². The number of para-hydroxylation sites is 1. The summed E-state index contributed by atoms with van der Waals surface area (Å²) in [5.74, 6) is 1.92. The quantitative estimate of drug-likeness (QED) is 0.516. The summed E-state index contributed by atoms with van der Waals surface area (Å²) in [4.78, 5) is 14.2. The molecule has 1 saturated heterocycles. The zero-order valence-electron chi connectivity index (χ0n) is 18.1. The molecule has 6 nitrogen and oxygen atoms in total. The number of hydrogen-bond donors (Lipinski definition) is 0. The van der Waals surface area contributed by atoms with Crippen LogP contribution >= 0.6 is 0 Å². The van der Waals surface area contributed by atoms with Gasteiger partial charge in [0.15, 0.2) is 5.69 Å². The lowest BCUT2D eigenvalue weighted by Gasteiger charge is -2.32. The predicted octanol–water partition coefficient (Wildman–Crippen LogP) is 5.07. The highest BCUT2D eigenvalue weighted by molar-refractivity contribution is 5.76. The van der Waals surface area contributed by atoms with Gasteiger partial charge in [0.25, 0.3) is 0 Å². The van der Waals surface area contributed by atoms with Crippen LogP contribution in [0.2, 0.25) is 0 Å². The molecule has 3 aromatic rings. The number of halogens is 3. The minimum Gasteiger partial charge on any atom is -0.490 e. The van der Waals surface area contributed by atoms with Crippen molar-refractivity contribution in [2.75, 3.05) is 13.1 Å². The summed E-state index contributed by atoms with van der Waals surface area (Å²) in [6, 6.07) is 17.8. The summed E-state index contributed by atoms with van der Waals surface area (Å²) in [5, 5.41) is 3.53. The lowest BCUT2D eigenvalue weighted by atomic mass is 10.1. The third kappa shape index (κ3) is 5.85. The van der Waals surface area contributed by atoms with Crippen LogP contribution in [0.15, 0.2) is 60.7 Å². The Morgan fingerprint density at radius 1 is 1.00 bits per heavy atom. The van der Waals surface area contributed by atoms with E-state index in [0.717, 1.165) is 16.5 Å². The highest BCUT2D eigenvalue weighted by atomic mass is 19.4. The molecule has 1 aliphatic heterocycles. The Hall–Kier alpha value is -3.49. The van der Waals surface area contributed by atoms with Gasteiger partial charge in [-0.2, -0.15) is 18.3 Å². The van der Waals surface area contributed by atoms with Crippen molar-refractivity contribution >= 4 is 5.91 Å². The first kappa shape index (κ1) is 22.7. The highest BCUT2D eigenvalue weighted by Crippen LogP contribution is 2.29. The molecule has 9 heteroatoms. The summed E-state index contributed by atoms with van der Waals surface area (Å²) in [6.07, 6.45) is -3.29. The van der Waals surface area contributed by atoms with Crippen LogP contribution in [0.25, 0.3) is 0 Å². The number of nitrogens with zero attached hydrogens (tertiary/aromatic N) is 3. The number of aromatic nitrogens is 2. The topological polar surface area (TPSA) is 56.6 Å². The van der Waals surface area contributed by atoms with Crippen molar-refractivity contribution < 1.29 is 27.4 Å². The molecule has 0 spiro atoms. The third-order valence-electron chi connectivity index (χ3n) is 5.46. The van der Waals surface area contributed by atoms with E-state index < -0.39 is 11.9 Å². The van der Waals surface area contributed by atoms with Crippen LogP contribution in [0.3, 0.4) is 0 Å². The van der Waals surface area contributed by atoms with Gasteiger partial charge >= 0.3 is 6.18 Å². The second-order valence-electron chi connectivity index (χ2n) is 7.91. The van der Waals surface area contributed by atoms with Crippen molar-refractivity contribution in [3.05, 3.63) is 72.1 Å². The summed E-state index contributed by atoms with van der Waals surface area (Å²) < 4.78 is 51.4. The number of benzene rings is 2. The fraction of sp³-hybridized carbons (Fsp3) is 0.333. The van der Waals surface area contributed by atoms with Gasteiger partial charge in [-0.1, -0.05) is 18.2 Å². The van der Waals surface area contributed by atoms with E-state index in [9.17, 15) is 18.0 Å². The van der Waals surface area contributed by atoms with Crippen LogP contribution < -0.4 is 9.47 Å². The summed E-state index contributed by atoms with van der Waals surface area (Å²) in [6.45, 7) is 2.25. The first-order valence-corrected chi connectivity index (χ1v) is 10.7. The van der Waals surface area contributed by atoms with Gasteiger partial charge in [0.2, 0.25) is 5.91 Å². The van der Waals surface area contributed by atoms with Crippen molar-refractivity contribution in [3.8, 4) is 17.2 Å². The van der Waals surface area contributed by atoms with Gasteiger partial charge in [-0.05, 0) is 49.4 Å². The smallest absolute Gasteiger partial charge is 0.435 e. The van der Waals surface area contributed by atoms with E-state index in [2.05, 4.69) is 5.10 Å². The molecule has 33 heavy (non-hydrogen) atoms. The molecule has 0 saturated carbocycles. The van der Waals surface area contributed by atoms with Crippen LogP contribution in [0, 0.1) is 6.92 Å². The fourth-order valence-corrected chi connectivity index (χ4v) is 3.66. The Morgan fingerprint density at radius 3 is 2.21 bits per heavy atom. The first-order chi connectivity index (χ1) is 15.8. The third-order valence-corrected chi connectivity index (χ3v) is 5.46. The monoisotopic (exact) mass is 459 g/mol. The van der Waals surface area contributed by atoms with Crippen LogP contribution in [0.1, 0.15) is 24.2 Å². The maximum Gasteiger partial charge on any atom is 0.435 e. The average Bonchev–Trinajstić information content (AvgIpc) is 3.17. The molecule has 4 rings (SSSR count). The molecular formula is C24H24F3N3O3. The SMILES string of the molecule is Cc1cc(C(F)(F)F)nn1CC(=O)N1CCC(Oc2ccc(Oc3ccccc3)cc2)CC1. The van der Waals surface area contributed by atoms with Crippen LogP contribution in [0.4, 0.5) is 13.2 Å². The largest absolute Gasteiger partial charge is 0.490 e. The van der Waals surface area contributed by atoms with Crippen molar-refractivity contribution in [1.29, 1.82) is 0 Å². The number of amides is 1. The number of ether oxygens (including phenoxy) is 2. The molecule has 0 bridgehead atoms. The Bertz CT molecular complexity index is 1070. The minimum atomic E-state index is -4.53. The molecule has 0 unspecified atom stereocenters. The Morgan fingerprint density at radius 2 is 1.61 bits per heavy atom. The fourth-order valence-electron chi connectivity index (χ4n) is 3.66.